The maximum atomic E-state index is 4.44. The van der Waals surface area contributed by atoms with Gasteiger partial charge in [0, 0.05) is 36.3 Å². The van der Waals surface area contributed by atoms with Crippen LogP contribution < -0.4 is 5.32 Å². The molecule has 3 aromatic rings. The van der Waals surface area contributed by atoms with Gasteiger partial charge in [0.1, 0.15) is 5.82 Å². The number of nitrogens with zero attached hydrogens (tertiary/aromatic N) is 4. The van der Waals surface area contributed by atoms with Crippen molar-refractivity contribution in [2.24, 2.45) is 0 Å². The number of anilines is 1. The largest absolute Gasteiger partial charge is 0.367 e. The summed E-state index contributed by atoms with van der Waals surface area (Å²) in [5, 5.41) is 7.79. The third-order valence-electron chi connectivity index (χ3n) is 3.15. The van der Waals surface area contributed by atoms with Gasteiger partial charge in [-0.3, -0.25) is 4.98 Å². The van der Waals surface area contributed by atoms with E-state index in [0.29, 0.717) is 0 Å². The lowest BCUT2D eigenvalue weighted by Gasteiger charge is -2.16. The number of nitrogens with one attached hydrogen (secondary N) is 1. The predicted octanol–water partition coefficient (Wildman–Crippen LogP) is 2.48. The van der Waals surface area contributed by atoms with Crippen LogP contribution in [-0.4, -0.2) is 25.6 Å². The number of hydrogen-bond acceptors (Lipinski definition) is 4. The SMILES string of the molecule is Cc1cc(NC(C)Cc2cccnc2)n2nccc2n1. The van der Waals surface area contributed by atoms with Crippen LogP contribution in [0, 0.1) is 6.92 Å². The Morgan fingerprint density at radius 2 is 2.20 bits per heavy atom. The highest BCUT2D eigenvalue weighted by Crippen LogP contribution is 2.14. The first-order valence-corrected chi connectivity index (χ1v) is 6.69. The maximum absolute atomic E-state index is 4.44. The Kier molecular flexibility index (Phi) is 3.33. The fraction of sp³-hybridized carbons (Fsp3) is 0.267. The summed E-state index contributed by atoms with van der Waals surface area (Å²) in [5.74, 6) is 0.967. The van der Waals surface area contributed by atoms with Crippen LogP contribution in [0.15, 0.2) is 42.9 Å². The van der Waals surface area contributed by atoms with Crippen LogP contribution in [0.1, 0.15) is 18.2 Å². The van der Waals surface area contributed by atoms with Crippen molar-refractivity contribution in [2.45, 2.75) is 26.3 Å². The molecule has 0 bridgehead atoms. The Morgan fingerprint density at radius 3 is 3.00 bits per heavy atom. The third kappa shape index (κ3) is 2.61. The summed E-state index contributed by atoms with van der Waals surface area (Å²) in [5.41, 5.74) is 3.06. The molecule has 0 spiro atoms. The van der Waals surface area contributed by atoms with Crippen LogP contribution in [0.5, 0.6) is 0 Å². The van der Waals surface area contributed by atoms with Gasteiger partial charge in [0.05, 0.1) is 6.20 Å². The second-order valence-corrected chi connectivity index (χ2v) is 4.99. The number of aryl methyl sites for hydroxylation is 1. The summed E-state index contributed by atoms with van der Waals surface area (Å²) in [4.78, 5) is 8.58. The smallest absolute Gasteiger partial charge is 0.157 e. The van der Waals surface area contributed by atoms with E-state index in [2.05, 4.69) is 33.4 Å². The van der Waals surface area contributed by atoms with Gasteiger partial charge >= 0.3 is 0 Å². The lowest BCUT2D eigenvalue weighted by atomic mass is 10.1. The van der Waals surface area contributed by atoms with Gasteiger partial charge in [-0.25, -0.2) is 4.98 Å². The van der Waals surface area contributed by atoms with Crippen molar-refractivity contribution in [1.29, 1.82) is 0 Å². The van der Waals surface area contributed by atoms with Crippen LogP contribution >= 0.6 is 0 Å². The molecule has 0 aliphatic heterocycles. The van der Waals surface area contributed by atoms with E-state index in [9.17, 15) is 0 Å². The highest BCUT2D eigenvalue weighted by molar-refractivity contribution is 5.49. The number of rotatable bonds is 4. The van der Waals surface area contributed by atoms with E-state index >= 15 is 0 Å². The Balaban J connectivity index is 1.80. The summed E-state index contributed by atoms with van der Waals surface area (Å²) in [6, 6.07) is 8.26. The first-order valence-electron chi connectivity index (χ1n) is 6.69. The molecular weight excluding hydrogens is 250 g/mol. The molecule has 0 aliphatic rings. The molecule has 102 valence electrons. The minimum Gasteiger partial charge on any atom is -0.367 e. The highest BCUT2D eigenvalue weighted by Gasteiger charge is 2.08. The summed E-state index contributed by atoms with van der Waals surface area (Å²) in [6.07, 6.45) is 6.37. The maximum Gasteiger partial charge on any atom is 0.157 e. The minimum atomic E-state index is 0.286. The monoisotopic (exact) mass is 267 g/mol. The average molecular weight is 267 g/mol. The molecule has 1 unspecified atom stereocenters. The van der Waals surface area contributed by atoms with Gasteiger partial charge in [-0.15, -0.1) is 0 Å². The van der Waals surface area contributed by atoms with Crippen molar-refractivity contribution >= 4 is 11.5 Å². The molecular formula is C15H17N5. The zero-order chi connectivity index (χ0) is 13.9. The topological polar surface area (TPSA) is 55.1 Å². The van der Waals surface area contributed by atoms with Gasteiger partial charge in [0.15, 0.2) is 5.65 Å². The zero-order valence-corrected chi connectivity index (χ0v) is 11.6. The van der Waals surface area contributed by atoms with Crippen molar-refractivity contribution in [3.05, 3.63) is 54.1 Å². The fourth-order valence-corrected chi connectivity index (χ4v) is 2.32. The highest BCUT2D eigenvalue weighted by atomic mass is 15.3. The van der Waals surface area contributed by atoms with Gasteiger partial charge in [0.2, 0.25) is 0 Å². The van der Waals surface area contributed by atoms with Crippen LogP contribution in [0.3, 0.4) is 0 Å². The minimum absolute atomic E-state index is 0.286. The Hall–Kier alpha value is -2.43. The summed E-state index contributed by atoms with van der Waals surface area (Å²) >= 11 is 0. The van der Waals surface area contributed by atoms with Gasteiger partial charge < -0.3 is 5.32 Å². The van der Waals surface area contributed by atoms with Crippen LogP contribution in [0.2, 0.25) is 0 Å². The van der Waals surface area contributed by atoms with E-state index in [1.165, 1.54) is 5.56 Å². The third-order valence-corrected chi connectivity index (χ3v) is 3.15. The van der Waals surface area contributed by atoms with Gasteiger partial charge in [-0.05, 0) is 31.9 Å². The van der Waals surface area contributed by atoms with E-state index in [1.54, 1.807) is 12.4 Å². The normalized spacial score (nSPS) is 12.5. The molecule has 3 aromatic heterocycles. The summed E-state index contributed by atoms with van der Waals surface area (Å²) in [6.45, 7) is 4.14. The molecule has 5 nitrogen and oxygen atoms in total. The van der Waals surface area contributed by atoms with E-state index in [1.807, 2.05) is 35.8 Å². The molecule has 0 fully saturated rings. The second kappa shape index (κ2) is 5.28. The molecule has 5 heteroatoms. The predicted molar refractivity (Wildman–Crippen MR) is 78.7 cm³/mol. The molecule has 0 aromatic carbocycles. The van der Waals surface area contributed by atoms with Crippen molar-refractivity contribution in [1.82, 2.24) is 19.6 Å². The quantitative estimate of drug-likeness (QED) is 0.789. The molecule has 0 radical (unpaired) electrons. The second-order valence-electron chi connectivity index (χ2n) is 4.99. The molecule has 0 saturated heterocycles. The standard InChI is InChI=1S/C15H17N5/c1-11(8-13-4-3-6-16-10-13)19-15-9-12(2)18-14-5-7-17-20(14)15/h3-7,9-11,19H,8H2,1-2H3. The lowest BCUT2D eigenvalue weighted by Crippen LogP contribution is -2.20. The molecule has 3 rings (SSSR count). The van der Waals surface area contributed by atoms with Crippen molar-refractivity contribution in [2.75, 3.05) is 5.32 Å². The lowest BCUT2D eigenvalue weighted by molar-refractivity contribution is 0.768. The van der Waals surface area contributed by atoms with E-state index in [0.717, 1.165) is 23.6 Å². The number of aromatic nitrogens is 4. The molecule has 0 amide bonds. The van der Waals surface area contributed by atoms with Crippen molar-refractivity contribution < 1.29 is 0 Å². The summed E-state index contributed by atoms with van der Waals surface area (Å²) in [7, 11) is 0. The average Bonchev–Trinajstić information content (AvgIpc) is 2.88. The van der Waals surface area contributed by atoms with Gasteiger partial charge in [-0.1, -0.05) is 6.07 Å². The zero-order valence-electron chi connectivity index (χ0n) is 11.6. The van der Waals surface area contributed by atoms with Gasteiger partial charge in [0.25, 0.3) is 0 Å². The van der Waals surface area contributed by atoms with E-state index < -0.39 is 0 Å². The first-order chi connectivity index (χ1) is 9.72. The Morgan fingerprint density at radius 1 is 1.30 bits per heavy atom. The molecule has 0 saturated carbocycles. The molecule has 1 atom stereocenters. The van der Waals surface area contributed by atoms with Crippen LogP contribution in [-0.2, 0) is 6.42 Å². The van der Waals surface area contributed by atoms with Crippen LogP contribution in [0.25, 0.3) is 5.65 Å². The number of fused-ring (bicyclic) bond motifs is 1. The fourth-order valence-electron chi connectivity index (χ4n) is 2.32. The molecule has 20 heavy (non-hydrogen) atoms. The molecule has 0 aliphatic carbocycles. The Labute approximate surface area is 117 Å². The van der Waals surface area contributed by atoms with Crippen molar-refractivity contribution in [3.8, 4) is 0 Å². The van der Waals surface area contributed by atoms with Gasteiger partial charge in [-0.2, -0.15) is 9.61 Å². The molecule has 3 heterocycles. The first kappa shape index (κ1) is 12.6. The molecule has 1 N–H and O–H groups in total. The van der Waals surface area contributed by atoms with E-state index in [-0.39, 0.29) is 6.04 Å². The summed E-state index contributed by atoms with van der Waals surface area (Å²) < 4.78 is 1.83. The van der Waals surface area contributed by atoms with Crippen LogP contribution in [0.4, 0.5) is 5.82 Å². The Bertz CT molecular complexity index is 705. The number of hydrogen-bond donors (Lipinski definition) is 1. The number of pyridine rings is 1. The van der Waals surface area contributed by atoms with E-state index in [4.69, 9.17) is 0 Å². The van der Waals surface area contributed by atoms with Crippen molar-refractivity contribution in [3.63, 3.8) is 0 Å².